The molecule has 4 aromatic carbocycles. The number of rotatable bonds is 11. The van der Waals surface area contributed by atoms with E-state index in [0.29, 0.717) is 59.3 Å². The molecule has 6 rings (SSSR count). The number of methoxy groups -OCH3 is 1. The van der Waals surface area contributed by atoms with Crippen molar-refractivity contribution in [2.45, 2.75) is 70.9 Å². The maximum atomic E-state index is 15.0. The molecule has 8 nitrogen and oxygen atoms in total. The summed E-state index contributed by atoms with van der Waals surface area (Å²) in [5.41, 5.74) is 2.59. The van der Waals surface area contributed by atoms with Crippen LogP contribution in [0.25, 0.3) is 22.0 Å². The summed E-state index contributed by atoms with van der Waals surface area (Å²) >= 11 is 0. The highest BCUT2D eigenvalue weighted by molar-refractivity contribution is 5.82. The molecule has 0 N–H and O–H groups in total. The van der Waals surface area contributed by atoms with E-state index in [2.05, 4.69) is 4.98 Å². The minimum atomic E-state index is -4.43. The van der Waals surface area contributed by atoms with Crippen LogP contribution in [0.3, 0.4) is 0 Å². The summed E-state index contributed by atoms with van der Waals surface area (Å²) in [5.74, 6) is -0.479. The van der Waals surface area contributed by atoms with Crippen LogP contribution in [0.4, 0.5) is 17.6 Å². The van der Waals surface area contributed by atoms with Gasteiger partial charge in [-0.25, -0.2) is 4.39 Å². The number of aryl methyl sites for hydroxylation is 3. The van der Waals surface area contributed by atoms with Crippen LogP contribution in [0.5, 0.6) is 0 Å². The number of likely N-dealkylation sites (tertiary alicyclic amines) is 1. The maximum Gasteiger partial charge on any atom is 0.416 e. The van der Waals surface area contributed by atoms with E-state index < -0.39 is 23.3 Å². The van der Waals surface area contributed by atoms with E-state index in [0.717, 1.165) is 23.3 Å². The number of esters is 1. The van der Waals surface area contributed by atoms with E-state index in [1.54, 1.807) is 60.9 Å². The van der Waals surface area contributed by atoms with E-state index in [1.807, 2.05) is 34.1 Å². The summed E-state index contributed by atoms with van der Waals surface area (Å²) in [4.78, 5) is 48.3. The molecule has 0 bridgehead atoms. The standard InChI is InChI=1S/C42H42F4N4O4/c1-27-7-6-8-32(39(27)43)17-20-37-47-40(52)35-9-4-5-10-36(35)50(37)26-38(51)49(34-21-23-48(24-22-34)28(2)41(53)54-3)25-29-11-13-30(14-12-29)31-15-18-33(19-16-31)42(44,45)46/h4-16,18-19,28,34H,17,20-26H2,1-3H3. The van der Waals surface area contributed by atoms with Crippen molar-refractivity contribution in [3.8, 4) is 11.1 Å². The number of hydrogen-bond acceptors (Lipinski definition) is 6. The quantitative estimate of drug-likeness (QED) is 0.104. The molecular formula is C42H42F4N4O4. The molecule has 1 saturated heterocycles. The van der Waals surface area contributed by atoms with Gasteiger partial charge in [-0.15, -0.1) is 0 Å². The molecule has 2 heterocycles. The van der Waals surface area contributed by atoms with Crippen molar-refractivity contribution in [1.82, 2.24) is 19.4 Å². The van der Waals surface area contributed by atoms with Gasteiger partial charge in [-0.2, -0.15) is 18.2 Å². The monoisotopic (exact) mass is 742 g/mol. The summed E-state index contributed by atoms with van der Waals surface area (Å²) in [6.45, 7) is 4.74. The first kappa shape index (κ1) is 38.4. The van der Waals surface area contributed by atoms with Gasteiger partial charge in [0.05, 0.1) is 23.6 Å². The molecule has 0 saturated carbocycles. The molecule has 1 fully saturated rings. The average Bonchev–Trinajstić information content (AvgIpc) is 3.18. The summed E-state index contributed by atoms with van der Waals surface area (Å²) in [6.07, 6.45) is -2.73. The van der Waals surface area contributed by atoms with Gasteiger partial charge in [-0.3, -0.25) is 19.3 Å². The van der Waals surface area contributed by atoms with Crippen molar-refractivity contribution in [3.05, 3.63) is 135 Å². The molecule has 0 radical (unpaired) electrons. The molecule has 1 atom stereocenters. The fourth-order valence-electron chi connectivity index (χ4n) is 7.18. The van der Waals surface area contributed by atoms with Gasteiger partial charge >= 0.3 is 12.1 Å². The number of para-hydroxylation sites is 1. The van der Waals surface area contributed by atoms with Crippen LogP contribution in [0.15, 0.2) is 95.8 Å². The smallest absolute Gasteiger partial charge is 0.416 e. The molecule has 5 aromatic rings. The highest BCUT2D eigenvalue weighted by Gasteiger charge is 2.33. The Morgan fingerprint density at radius 3 is 2.20 bits per heavy atom. The van der Waals surface area contributed by atoms with Crippen LogP contribution >= 0.6 is 0 Å². The number of ether oxygens (including phenoxy) is 1. The van der Waals surface area contributed by atoms with Crippen molar-refractivity contribution >= 4 is 22.8 Å². The number of benzene rings is 4. The van der Waals surface area contributed by atoms with Crippen molar-refractivity contribution in [2.24, 2.45) is 0 Å². The second kappa shape index (κ2) is 16.3. The number of nitrogens with zero attached hydrogens (tertiary/aromatic N) is 4. The Hall–Kier alpha value is -5.36. The van der Waals surface area contributed by atoms with Gasteiger partial charge in [0.1, 0.15) is 24.2 Å². The first-order chi connectivity index (χ1) is 25.8. The zero-order valence-corrected chi connectivity index (χ0v) is 30.4. The molecular weight excluding hydrogens is 700 g/mol. The van der Waals surface area contributed by atoms with Gasteiger partial charge in [-0.1, -0.05) is 66.7 Å². The largest absolute Gasteiger partial charge is 0.468 e. The molecule has 1 aliphatic rings. The number of amides is 1. The van der Waals surface area contributed by atoms with Gasteiger partial charge in [-0.05, 0) is 85.2 Å². The molecule has 12 heteroatoms. The summed E-state index contributed by atoms with van der Waals surface area (Å²) < 4.78 is 61.1. The first-order valence-electron chi connectivity index (χ1n) is 17.9. The highest BCUT2D eigenvalue weighted by atomic mass is 19.4. The number of alkyl halides is 3. The summed E-state index contributed by atoms with van der Waals surface area (Å²) in [6, 6.07) is 23.9. The van der Waals surface area contributed by atoms with Crippen molar-refractivity contribution in [3.63, 3.8) is 0 Å². The zero-order chi connectivity index (χ0) is 38.6. The lowest BCUT2D eigenvalue weighted by atomic mass is 9.99. The van der Waals surface area contributed by atoms with Crippen LogP contribution in [-0.2, 0) is 46.4 Å². The van der Waals surface area contributed by atoms with Crippen LogP contribution < -0.4 is 5.56 Å². The van der Waals surface area contributed by atoms with E-state index in [9.17, 15) is 31.9 Å². The van der Waals surface area contributed by atoms with Crippen molar-refractivity contribution < 1.29 is 31.9 Å². The SMILES string of the molecule is COC(=O)C(C)N1CCC(N(Cc2ccc(-c3ccc(C(F)(F)F)cc3)cc2)C(=O)Cn2c(CCc3cccc(C)c3F)nc(=O)c3ccccc32)CC1. The van der Waals surface area contributed by atoms with Crippen LogP contribution in [-0.4, -0.2) is 63.5 Å². The van der Waals surface area contributed by atoms with Gasteiger partial charge in [0.2, 0.25) is 5.91 Å². The molecule has 1 aromatic heterocycles. The Labute approximate surface area is 311 Å². The fraction of sp³-hybridized carbons (Fsp3) is 0.333. The number of halogens is 4. The van der Waals surface area contributed by atoms with E-state index >= 15 is 0 Å². The number of aromatic nitrogens is 2. The van der Waals surface area contributed by atoms with Crippen LogP contribution in [0.1, 0.15) is 47.8 Å². The van der Waals surface area contributed by atoms with Gasteiger partial charge in [0.15, 0.2) is 0 Å². The third-order valence-corrected chi connectivity index (χ3v) is 10.4. The molecule has 1 unspecified atom stereocenters. The van der Waals surface area contributed by atoms with Crippen molar-refractivity contribution in [1.29, 1.82) is 0 Å². The Morgan fingerprint density at radius 1 is 0.907 bits per heavy atom. The average molecular weight is 743 g/mol. The lowest BCUT2D eigenvalue weighted by Gasteiger charge is -2.40. The maximum absolute atomic E-state index is 15.0. The Balaban J connectivity index is 1.30. The Bertz CT molecular complexity index is 2180. The van der Waals surface area contributed by atoms with Crippen molar-refractivity contribution in [2.75, 3.05) is 20.2 Å². The second-order valence-electron chi connectivity index (χ2n) is 13.7. The minimum absolute atomic E-state index is 0.123. The second-order valence-corrected chi connectivity index (χ2v) is 13.7. The molecule has 0 aliphatic carbocycles. The number of carbonyl (C=O) groups excluding carboxylic acids is 2. The molecule has 1 aliphatic heterocycles. The predicted molar refractivity (Wildman–Crippen MR) is 198 cm³/mol. The molecule has 1 amide bonds. The summed E-state index contributed by atoms with van der Waals surface area (Å²) in [5, 5.41) is 0.367. The van der Waals surface area contributed by atoms with Gasteiger partial charge < -0.3 is 14.2 Å². The van der Waals surface area contributed by atoms with E-state index in [4.69, 9.17) is 4.74 Å². The van der Waals surface area contributed by atoms with E-state index in [1.165, 1.54) is 19.2 Å². The molecule has 282 valence electrons. The highest BCUT2D eigenvalue weighted by Crippen LogP contribution is 2.31. The van der Waals surface area contributed by atoms with Crippen LogP contribution in [0.2, 0.25) is 0 Å². The Morgan fingerprint density at radius 2 is 1.56 bits per heavy atom. The first-order valence-corrected chi connectivity index (χ1v) is 17.9. The van der Waals surface area contributed by atoms with Gasteiger partial charge in [0.25, 0.3) is 5.56 Å². The lowest BCUT2D eigenvalue weighted by Crippen LogP contribution is -2.51. The molecule has 0 spiro atoms. The number of hydrogen-bond donors (Lipinski definition) is 0. The number of fused-ring (bicyclic) bond motifs is 1. The van der Waals surface area contributed by atoms with Crippen LogP contribution in [0, 0.1) is 12.7 Å². The normalized spacial score (nSPS) is 14.6. The predicted octanol–water partition coefficient (Wildman–Crippen LogP) is 7.37. The summed E-state index contributed by atoms with van der Waals surface area (Å²) in [7, 11) is 1.36. The molecule has 54 heavy (non-hydrogen) atoms. The number of piperidine rings is 1. The fourth-order valence-corrected chi connectivity index (χ4v) is 7.18. The third-order valence-electron chi connectivity index (χ3n) is 10.4. The number of carbonyl (C=O) groups is 2. The third kappa shape index (κ3) is 8.54. The lowest BCUT2D eigenvalue weighted by molar-refractivity contribution is -0.147. The topological polar surface area (TPSA) is 84.7 Å². The minimum Gasteiger partial charge on any atom is -0.468 e. The van der Waals surface area contributed by atoms with Gasteiger partial charge in [0, 0.05) is 32.1 Å². The van der Waals surface area contributed by atoms with E-state index in [-0.39, 0.29) is 49.7 Å². The zero-order valence-electron chi connectivity index (χ0n) is 30.4. The Kier molecular flexibility index (Phi) is 11.6.